The molecule has 0 amide bonds. The smallest absolute Gasteiger partial charge is 0.307 e. The molecular formula is C11H28FO3PSi2. The van der Waals surface area contributed by atoms with Gasteiger partial charge in [-0.25, -0.2) is 4.39 Å². The molecule has 0 heterocycles. The fraction of sp³-hybridized carbons (Fsp3) is 1.00. The summed E-state index contributed by atoms with van der Waals surface area (Å²) in [6, 6.07) is 0. The maximum Gasteiger partial charge on any atom is 0.360 e. The van der Waals surface area contributed by atoms with Crippen molar-refractivity contribution in [2.45, 2.75) is 57.8 Å². The predicted molar refractivity (Wildman–Crippen MR) is 81.4 cm³/mol. The molecule has 0 N–H and O–H groups in total. The first kappa shape index (κ1) is 18.5. The Morgan fingerprint density at radius 3 is 1.39 bits per heavy atom. The largest absolute Gasteiger partial charge is 0.360 e. The van der Waals surface area contributed by atoms with E-state index in [1.807, 2.05) is 39.3 Å². The second-order valence-electron chi connectivity index (χ2n) is 6.46. The molecule has 0 aromatic rings. The number of halogens is 1. The maximum absolute atomic E-state index is 15.8. The highest BCUT2D eigenvalue weighted by Gasteiger charge is 2.66. The van der Waals surface area contributed by atoms with Gasteiger partial charge in [-0.05, 0) is 13.8 Å². The van der Waals surface area contributed by atoms with Crippen molar-refractivity contribution in [3.05, 3.63) is 0 Å². The average molecular weight is 314 g/mol. The lowest BCUT2D eigenvalue weighted by molar-refractivity contribution is 0.192. The van der Waals surface area contributed by atoms with Gasteiger partial charge in [0, 0.05) is 0 Å². The molecule has 0 aliphatic heterocycles. The van der Waals surface area contributed by atoms with Crippen LogP contribution < -0.4 is 0 Å². The van der Waals surface area contributed by atoms with Crippen molar-refractivity contribution in [2.75, 3.05) is 13.2 Å². The molecule has 0 radical (unpaired) electrons. The topological polar surface area (TPSA) is 35.5 Å². The van der Waals surface area contributed by atoms with Crippen LogP contribution >= 0.6 is 7.60 Å². The SMILES string of the molecule is CCOP(=O)(OCC)C(F)([Si](C)(C)C)[Si](C)(C)C. The molecule has 0 rings (SSSR count). The molecule has 18 heavy (non-hydrogen) atoms. The van der Waals surface area contributed by atoms with Crippen molar-refractivity contribution in [3.8, 4) is 0 Å². The number of hydrogen-bond acceptors (Lipinski definition) is 3. The van der Waals surface area contributed by atoms with Crippen LogP contribution in [-0.2, 0) is 13.6 Å². The Bertz CT molecular complexity index is 299. The molecule has 110 valence electrons. The van der Waals surface area contributed by atoms with Crippen molar-refractivity contribution in [3.63, 3.8) is 0 Å². The minimum absolute atomic E-state index is 0.206. The molecule has 0 aromatic carbocycles. The lowest BCUT2D eigenvalue weighted by Crippen LogP contribution is -2.63. The second kappa shape index (κ2) is 5.87. The van der Waals surface area contributed by atoms with Crippen molar-refractivity contribution in [1.29, 1.82) is 0 Å². The van der Waals surface area contributed by atoms with Gasteiger partial charge in [-0.1, -0.05) is 39.3 Å². The van der Waals surface area contributed by atoms with Crippen LogP contribution in [-0.4, -0.2) is 34.0 Å². The summed E-state index contributed by atoms with van der Waals surface area (Å²) in [7, 11) is -8.48. The van der Waals surface area contributed by atoms with Crippen LogP contribution in [0.2, 0.25) is 39.3 Å². The van der Waals surface area contributed by atoms with Gasteiger partial charge in [0.05, 0.1) is 13.2 Å². The Hall–Kier alpha value is 0.514. The quantitative estimate of drug-likeness (QED) is 0.506. The fourth-order valence-electron chi connectivity index (χ4n) is 2.50. The Labute approximate surface area is 113 Å². The summed E-state index contributed by atoms with van der Waals surface area (Å²) in [6.45, 7) is 15.3. The summed E-state index contributed by atoms with van der Waals surface area (Å²) in [5.41, 5.74) is 0. The lowest BCUT2D eigenvalue weighted by Gasteiger charge is -2.47. The van der Waals surface area contributed by atoms with Crippen molar-refractivity contribution in [2.24, 2.45) is 0 Å². The molecular weight excluding hydrogens is 286 g/mol. The molecule has 0 saturated heterocycles. The van der Waals surface area contributed by atoms with Gasteiger partial charge in [0.2, 0.25) is 0 Å². The van der Waals surface area contributed by atoms with E-state index in [1.165, 1.54) is 0 Å². The van der Waals surface area contributed by atoms with E-state index in [9.17, 15) is 4.57 Å². The molecule has 0 atom stereocenters. The first-order valence-corrected chi connectivity index (χ1v) is 15.0. The second-order valence-corrected chi connectivity index (χ2v) is 20.3. The summed E-state index contributed by atoms with van der Waals surface area (Å²) >= 11 is 0. The average Bonchev–Trinajstić information content (AvgIpc) is 2.13. The molecule has 7 heteroatoms. The van der Waals surface area contributed by atoms with E-state index in [-0.39, 0.29) is 13.2 Å². The monoisotopic (exact) mass is 314 g/mol. The first-order valence-electron chi connectivity index (χ1n) is 6.45. The zero-order valence-electron chi connectivity index (χ0n) is 13.0. The van der Waals surface area contributed by atoms with Crippen molar-refractivity contribution in [1.82, 2.24) is 0 Å². The van der Waals surface area contributed by atoms with Gasteiger partial charge in [-0.15, -0.1) is 0 Å². The van der Waals surface area contributed by atoms with Crippen LogP contribution in [0.4, 0.5) is 4.39 Å². The predicted octanol–water partition coefficient (Wildman–Crippen LogP) is 4.67. The van der Waals surface area contributed by atoms with Gasteiger partial charge >= 0.3 is 7.60 Å². The van der Waals surface area contributed by atoms with Crippen molar-refractivity contribution < 1.29 is 18.0 Å². The van der Waals surface area contributed by atoms with Crippen molar-refractivity contribution >= 4 is 23.7 Å². The van der Waals surface area contributed by atoms with Gasteiger partial charge in [0.1, 0.15) is 16.1 Å². The van der Waals surface area contributed by atoms with E-state index in [0.29, 0.717) is 0 Å². The minimum atomic E-state index is -3.73. The minimum Gasteiger partial charge on any atom is -0.307 e. The molecule has 0 fully saturated rings. The number of alkyl halides is 1. The summed E-state index contributed by atoms with van der Waals surface area (Å²) in [6.07, 6.45) is 0. The van der Waals surface area contributed by atoms with Crippen LogP contribution in [0.25, 0.3) is 0 Å². The van der Waals surface area contributed by atoms with E-state index in [2.05, 4.69) is 0 Å². The third-order valence-corrected chi connectivity index (χ3v) is 19.1. The van der Waals surface area contributed by atoms with E-state index in [0.717, 1.165) is 0 Å². The third kappa shape index (κ3) is 3.15. The Balaban J connectivity index is 5.92. The van der Waals surface area contributed by atoms with E-state index >= 15 is 4.39 Å². The zero-order chi connectivity index (χ0) is 14.8. The lowest BCUT2D eigenvalue weighted by atomic mass is 10.9. The normalized spacial score (nSPS) is 14.9. The van der Waals surface area contributed by atoms with E-state index in [4.69, 9.17) is 9.05 Å². The van der Waals surface area contributed by atoms with Gasteiger partial charge < -0.3 is 9.05 Å². The summed E-state index contributed by atoms with van der Waals surface area (Å²) < 4.78 is 37.7. The zero-order valence-corrected chi connectivity index (χ0v) is 15.9. The highest BCUT2D eigenvalue weighted by atomic mass is 31.2. The van der Waals surface area contributed by atoms with Crippen LogP contribution in [0.3, 0.4) is 0 Å². The Morgan fingerprint density at radius 2 is 1.22 bits per heavy atom. The number of rotatable bonds is 7. The Morgan fingerprint density at radius 1 is 0.944 bits per heavy atom. The highest BCUT2D eigenvalue weighted by Crippen LogP contribution is 2.67. The molecule has 0 spiro atoms. The number of hydrogen-bond donors (Lipinski definition) is 0. The van der Waals surface area contributed by atoms with Gasteiger partial charge in [0.25, 0.3) is 0 Å². The highest BCUT2D eigenvalue weighted by molar-refractivity contribution is 7.63. The van der Waals surface area contributed by atoms with E-state index in [1.54, 1.807) is 13.8 Å². The van der Waals surface area contributed by atoms with Gasteiger partial charge in [0.15, 0.2) is 4.66 Å². The molecule has 0 aromatic heterocycles. The van der Waals surface area contributed by atoms with Crippen LogP contribution in [0.5, 0.6) is 0 Å². The Kier molecular flexibility index (Phi) is 6.04. The van der Waals surface area contributed by atoms with Crippen LogP contribution in [0, 0.1) is 0 Å². The van der Waals surface area contributed by atoms with Crippen LogP contribution in [0.1, 0.15) is 13.8 Å². The van der Waals surface area contributed by atoms with Gasteiger partial charge in [-0.3, -0.25) is 4.57 Å². The maximum atomic E-state index is 15.8. The van der Waals surface area contributed by atoms with Crippen LogP contribution in [0.15, 0.2) is 0 Å². The molecule has 0 saturated carbocycles. The summed E-state index contributed by atoms with van der Waals surface area (Å²) in [4.78, 5) is 0. The fourth-order valence-corrected chi connectivity index (χ4v) is 20.0. The molecule has 0 aliphatic rings. The molecule has 0 bridgehead atoms. The summed E-state index contributed by atoms with van der Waals surface area (Å²) in [5, 5.41) is 0. The van der Waals surface area contributed by atoms with E-state index < -0.39 is 28.4 Å². The standard InChI is InChI=1S/C11H28FO3PSi2/c1-9-14-16(13,15-10-2)11(12,17(3,4)5)18(6,7)8/h9-10H2,1-8H3. The first-order chi connectivity index (χ1) is 7.87. The molecule has 0 unspecified atom stereocenters. The van der Waals surface area contributed by atoms with Gasteiger partial charge in [-0.2, -0.15) is 0 Å². The third-order valence-electron chi connectivity index (χ3n) is 2.96. The summed E-state index contributed by atoms with van der Waals surface area (Å²) in [5.74, 6) is 0. The molecule has 3 nitrogen and oxygen atoms in total. The molecule has 0 aliphatic carbocycles.